The van der Waals surface area contributed by atoms with E-state index < -0.39 is 0 Å². The van der Waals surface area contributed by atoms with Crippen LogP contribution in [0.25, 0.3) is 0 Å². The number of piperidine rings is 3. The maximum Gasteiger partial charge on any atom is 0.237 e. The Morgan fingerprint density at radius 2 is 1.96 bits per heavy atom. The zero-order valence-electron chi connectivity index (χ0n) is 13.9. The molecule has 1 amide bonds. The Kier molecular flexibility index (Phi) is 4.34. The van der Waals surface area contributed by atoms with Crippen molar-refractivity contribution in [1.29, 1.82) is 0 Å². The van der Waals surface area contributed by atoms with Gasteiger partial charge in [-0.1, -0.05) is 24.3 Å². The minimum Gasteiger partial charge on any atom is -0.351 e. The van der Waals surface area contributed by atoms with E-state index in [2.05, 4.69) is 27.4 Å². The molecular weight excluding hydrogens is 300 g/mol. The molecule has 4 heterocycles. The molecule has 1 aromatic heterocycles. The Hall–Kier alpha value is -2.14. The van der Waals surface area contributed by atoms with E-state index in [1.54, 1.807) is 6.20 Å². The van der Waals surface area contributed by atoms with E-state index in [1.807, 2.05) is 29.1 Å². The van der Waals surface area contributed by atoms with Gasteiger partial charge in [-0.3, -0.25) is 14.4 Å². The van der Waals surface area contributed by atoms with Gasteiger partial charge in [-0.15, -0.1) is 0 Å². The van der Waals surface area contributed by atoms with Gasteiger partial charge < -0.3 is 5.32 Å². The van der Waals surface area contributed by atoms with E-state index in [0.717, 1.165) is 37.5 Å². The van der Waals surface area contributed by atoms with Gasteiger partial charge in [-0.05, 0) is 55.5 Å². The number of hydrogen-bond acceptors (Lipinski definition) is 3. The molecule has 3 aliphatic heterocycles. The average Bonchev–Trinajstić information content (AvgIpc) is 3.15. The highest BCUT2D eigenvalue weighted by atomic mass is 16.2. The van der Waals surface area contributed by atoms with Gasteiger partial charge in [0.1, 0.15) is 0 Å². The molecule has 3 aliphatic rings. The van der Waals surface area contributed by atoms with Gasteiger partial charge in [0.05, 0.1) is 12.6 Å². The molecule has 5 nitrogen and oxygen atoms in total. The molecule has 3 saturated heterocycles. The summed E-state index contributed by atoms with van der Waals surface area (Å²) < 4.78 is 1.91. The SMILES string of the molecule is O=C(NCc1ccccc1Cn1cccn1)C1CC2CCN1CC2. The molecule has 0 spiro atoms. The molecule has 126 valence electrons. The summed E-state index contributed by atoms with van der Waals surface area (Å²) >= 11 is 0. The summed E-state index contributed by atoms with van der Waals surface area (Å²) in [5.41, 5.74) is 2.37. The molecule has 0 saturated carbocycles. The van der Waals surface area contributed by atoms with Gasteiger partial charge in [-0.25, -0.2) is 0 Å². The van der Waals surface area contributed by atoms with Crippen LogP contribution in [0.5, 0.6) is 0 Å². The van der Waals surface area contributed by atoms with Crippen LogP contribution in [0.1, 0.15) is 30.4 Å². The zero-order chi connectivity index (χ0) is 16.4. The number of fused-ring (bicyclic) bond motifs is 3. The van der Waals surface area contributed by atoms with Crippen LogP contribution in [0.15, 0.2) is 42.7 Å². The van der Waals surface area contributed by atoms with Crippen LogP contribution in [0, 0.1) is 5.92 Å². The summed E-state index contributed by atoms with van der Waals surface area (Å²) in [5.74, 6) is 0.936. The van der Waals surface area contributed by atoms with Crippen molar-refractivity contribution < 1.29 is 4.79 Å². The van der Waals surface area contributed by atoms with Crippen molar-refractivity contribution in [2.75, 3.05) is 13.1 Å². The van der Waals surface area contributed by atoms with E-state index in [1.165, 1.54) is 18.4 Å². The molecule has 2 bridgehead atoms. The molecular formula is C19H24N4O. The molecule has 5 rings (SSSR count). The average molecular weight is 324 g/mol. The fraction of sp³-hybridized carbons (Fsp3) is 0.474. The highest BCUT2D eigenvalue weighted by molar-refractivity contribution is 5.82. The highest BCUT2D eigenvalue weighted by Gasteiger charge is 2.37. The normalized spacial score (nSPS) is 25.6. The molecule has 1 atom stereocenters. The molecule has 1 unspecified atom stereocenters. The Morgan fingerprint density at radius 1 is 1.17 bits per heavy atom. The van der Waals surface area contributed by atoms with Crippen molar-refractivity contribution in [2.45, 2.75) is 38.4 Å². The molecule has 0 radical (unpaired) electrons. The minimum absolute atomic E-state index is 0.0794. The van der Waals surface area contributed by atoms with Crippen LogP contribution < -0.4 is 5.32 Å². The van der Waals surface area contributed by atoms with Crippen molar-refractivity contribution in [3.05, 3.63) is 53.9 Å². The summed E-state index contributed by atoms with van der Waals surface area (Å²) in [4.78, 5) is 15.0. The Morgan fingerprint density at radius 3 is 2.62 bits per heavy atom. The molecule has 2 aromatic rings. The smallest absolute Gasteiger partial charge is 0.237 e. The topological polar surface area (TPSA) is 50.2 Å². The van der Waals surface area contributed by atoms with Crippen LogP contribution in [-0.2, 0) is 17.9 Å². The van der Waals surface area contributed by atoms with Crippen LogP contribution in [0.3, 0.4) is 0 Å². The number of carbonyl (C=O) groups is 1. The lowest BCUT2D eigenvalue weighted by Crippen LogP contribution is -2.55. The van der Waals surface area contributed by atoms with Gasteiger partial charge in [0, 0.05) is 18.9 Å². The van der Waals surface area contributed by atoms with Crippen molar-refractivity contribution in [3.63, 3.8) is 0 Å². The Labute approximate surface area is 142 Å². The van der Waals surface area contributed by atoms with Crippen molar-refractivity contribution in [1.82, 2.24) is 20.0 Å². The maximum absolute atomic E-state index is 12.6. The van der Waals surface area contributed by atoms with Crippen LogP contribution >= 0.6 is 0 Å². The summed E-state index contributed by atoms with van der Waals surface area (Å²) in [5, 5.41) is 7.43. The number of nitrogens with zero attached hydrogens (tertiary/aromatic N) is 3. The third kappa shape index (κ3) is 3.22. The van der Waals surface area contributed by atoms with Crippen LogP contribution in [-0.4, -0.2) is 39.7 Å². The second kappa shape index (κ2) is 6.77. The third-order valence-electron chi connectivity index (χ3n) is 5.41. The Bertz CT molecular complexity index is 689. The third-order valence-corrected chi connectivity index (χ3v) is 5.41. The van der Waals surface area contributed by atoms with Gasteiger partial charge in [0.15, 0.2) is 0 Å². The van der Waals surface area contributed by atoms with Crippen molar-refractivity contribution >= 4 is 5.91 Å². The van der Waals surface area contributed by atoms with Crippen LogP contribution in [0.4, 0.5) is 0 Å². The van der Waals surface area contributed by atoms with Crippen LogP contribution in [0.2, 0.25) is 0 Å². The first-order valence-corrected chi connectivity index (χ1v) is 8.85. The van der Waals surface area contributed by atoms with Gasteiger partial charge in [-0.2, -0.15) is 5.10 Å². The molecule has 1 aromatic carbocycles. The molecule has 3 fully saturated rings. The molecule has 24 heavy (non-hydrogen) atoms. The van der Waals surface area contributed by atoms with E-state index >= 15 is 0 Å². The van der Waals surface area contributed by atoms with E-state index in [9.17, 15) is 4.79 Å². The number of nitrogens with one attached hydrogen (secondary N) is 1. The fourth-order valence-electron chi connectivity index (χ4n) is 3.99. The lowest BCUT2D eigenvalue weighted by atomic mass is 9.83. The number of aromatic nitrogens is 2. The summed E-state index contributed by atoms with van der Waals surface area (Å²) in [6.45, 7) is 3.49. The van der Waals surface area contributed by atoms with Gasteiger partial charge >= 0.3 is 0 Å². The second-order valence-corrected chi connectivity index (χ2v) is 6.92. The predicted octanol–water partition coefficient (Wildman–Crippen LogP) is 2.03. The van der Waals surface area contributed by atoms with Gasteiger partial charge in [0.25, 0.3) is 0 Å². The summed E-state index contributed by atoms with van der Waals surface area (Å²) in [7, 11) is 0. The number of rotatable bonds is 5. The quantitative estimate of drug-likeness (QED) is 0.915. The van der Waals surface area contributed by atoms with Crippen molar-refractivity contribution in [2.24, 2.45) is 5.92 Å². The monoisotopic (exact) mass is 324 g/mol. The highest BCUT2D eigenvalue weighted by Crippen LogP contribution is 2.31. The first-order valence-electron chi connectivity index (χ1n) is 8.85. The first kappa shape index (κ1) is 15.4. The van der Waals surface area contributed by atoms with E-state index in [0.29, 0.717) is 6.54 Å². The molecule has 1 N–H and O–H groups in total. The first-order chi connectivity index (χ1) is 11.8. The fourth-order valence-corrected chi connectivity index (χ4v) is 3.99. The number of amides is 1. The molecule has 5 heteroatoms. The molecule has 0 aliphatic carbocycles. The Balaban J connectivity index is 1.40. The summed E-state index contributed by atoms with van der Waals surface area (Å²) in [6.07, 6.45) is 7.30. The van der Waals surface area contributed by atoms with E-state index in [4.69, 9.17) is 0 Å². The lowest BCUT2D eigenvalue weighted by Gasteiger charge is -2.44. The lowest BCUT2D eigenvalue weighted by molar-refractivity contribution is -0.130. The summed E-state index contributed by atoms with van der Waals surface area (Å²) in [6, 6.07) is 10.3. The maximum atomic E-state index is 12.6. The standard InChI is InChI=1S/C19H24N4O/c24-19(18-12-15-6-10-22(18)11-7-15)20-13-16-4-1-2-5-17(16)14-23-9-3-8-21-23/h1-5,8-9,15,18H,6-7,10-14H2,(H,20,24). The van der Waals surface area contributed by atoms with Gasteiger partial charge in [0.2, 0.25) is 5.91 Å². The number of hydrogen-bond donors (Lipinski definition) is 1. The second-order valence-electron chi connectivity index (χ2n) is 6.92. The number of benzene rings is 1. The zero-order valence-corrected chi connectivity index (χ0v) is 13.9. The minimum atomic E-state index is 0.0794. The van der Waals surface area contributed by atoms with Crippen molar-refractivity contribution in [3.8, 4) is 0 Å². The predicted molar refractivity (Wildman–Crippen MR) is 92.3 cm³/mol. The number of carbonyl (C=O) groups excluding carboxylic acids is 1. The van der Waals surface area contributed by atoms with E-state index in [-0.39, 0.29) is 11.9 Å². The largest absolute Gasteiger partial charge is 0.351 e.